The van der Waals surface area contributed by atoms with Crippen LogP contribution in [0.25, 0.3) is 0 Å². The Morgan fingerprint density at radius 2 is 1.75 bits per heavy atom. The highest BCUT2D eigenvalue weighted by atomic mass is 32.2. The summed E-state index contributed by atoms with van der Waals surface area (Å²) in [6.45, 7) is 3.71. The van der Waals surface area contributed by atoms with Crippen LogP contribution in [0.1, 0.15) is 51.9 Å². The number of likely N-dealkylation sites (N-methyl/N-ethyl adjacent to an activating group) is 1. The van der Waals surface area contributed by atoms with Gasteiger partial charge < -0.3 is 15.5 Å². The smallest absolute Gasteiger partial charge is 0.243 e. The predicted octanol–water partition coefficient (Wildman–Crippen LogP) is 1.00. The van der Waals surface area contributed by atoms with E-state index in [4.69, 9.17) is 0 Å². The minimum atomic E-state index is -3.12. The summed E-state index contributed by atoms with van der Waals surface area (Å²) >= 11 is 0. The predicted molar refractivity (Wildman–Crippen MR) is 113 cm³/mol. The first-order valence-corrected chi connectivity index (χ1v) is 12.2. The SMILES string of the molecule is CCS(=O)(=O)N1CCC(NC(=NCC(=O)N(C)C)NCC2CCCCC2)CC1. The van der Waals surface area contributed by atoms with E-state index in [1.807, 2.05) is 0 Å². The van der Waals surface area contributed by atoms with Crippen LogP contribution in [0, 0.1) is 5.92 Å². The van der Waals surface area contributed by atoms with Gasteiger partial charge >= 0.3 is 0 Å². The Bertz CT molecular complexity index is 621. The average Bonchev–Trinajstić information content (AvgIpc) is 2.70. The largest absolute Gasteiger partial charge is 0.356 e. The molecular weight excluding hydrogens is 378 g/mol. The number of sulfonamides is 1. The van der Waals surface area contributed by atoms with Gasteiger partial charge in [0.1, 0.15) is 6.54 Å². The zero-order valence-corrected chi connectivity index (χ0v) is 18.4. The average molecular weight is 416 g/mol. The molecule has 2 rings (SSSR count). The van der Waals surface area contributed by atoms with Crippen LogP contribution in [-0.4, -0.2) is 81.6 Å². The number of hydrogen-bond acceptors (Lipinski definition) is 4. The third-order valence-electron chi connectivity index (χ3n) is 5.71. The number of aliphatic imine (C=N–C) groups is 1. The molecule has 162 valence electrons. The van der Waals surface area contributed by atoms with Crippen molar-refractivity contribution in [3.63, 3.8) is 0 Å². The second kappa shape index (κ2) is 11.0. The van der Waals surface area contributed by atoms with Gasteiger partial charge in [0.15, 0.2) is 5.96 Å². The first-order chi connectivity index (χ1) is 13.3. The van der Waals surface area contributed by atoms with Crippen molar-refractivity contribution in [3.8, 4) is 0 Å². The van der Waals surface area contributed by atoms with Crippen LogP contribution in [-0.2, 0) is 14.8 Å². The quantitative estimate of drug-likeness (QED) is 0.478. The number of piperidine rings is 1. The highest BCUT2D eigenvalue weighted by molar-refractivity contribution is 7.89. The Balaban J connectivity index is 1.91. The lowest BCUT2D eigenvalue weighted by Crippen LogP contribution is -2.50. The van der Waals surface area contributed by atoms with E-state index in [1.54, 1.807) is 25.3 Å². The summed E-state index contributed by atoms with van der Waals surface area (Å²) in [5.41, 5.74) is 0. The van der Waals surface area contributed by atoms with Crippen molar-refractivity contribution >= 4 is 21.9 Å². The van der Waals surface area contributed by atoms with E-state index >= 15 is 0 Å². The van der Waals surface area contributed by atoms with Gasteiger partial charge in [-0.25, -0.2) is 17.7 Å². The standard InChI is InChI=1S/C19H37N5O3S/c1-4-28(26,27)24-12-10-17(11-13-24)22-19(21-15-18(25)23(2)3)20-14-16-8-6-5-7-9-16/h16-17H,4-15H2,1-3H3,(H2,20,21,22). The second-order valence-corrected chi connectivity index (χ2v) is 10.3. The highest BCUT2D eigenvalue weighted by Gasteiger charge is 2.27. The third kappa shape index (κ3) is 7.24. The Morgan fingerprint density at radius 3 is 2.32 bits per heavy atom. The third-order valence-corrected chi connectivity index (χ3v) is 7.59. The van der Waals surface area contributed by atoms with Crippen LogP contribution in [0.2, 0.25) is 0 Å². The van der Waals surface area contributed by atoms with Gasteiger partial charge in [0.25, 0.3) is 0 Å². The molecule has 2 fully saturated rings. The summed E-state index contributed by atoms with van der Waals surface area (Å²) in [5, 5.41) is 6.85. The van der Waals surface area contributed by atoms with Crippen molar-refractivity contribution in [2.24, 2.45) is 10.9 Å². The summed E-state index contributed by atoms with van der Waals surface area (Å²) in [6.07, 6.45) is 7.86. The maximum atomic E-state index is 12.0. The van der Waals surface area contributed by atoms with Gasteiger partial charge in [0.2, 0.25) is 15.9 Å². The van der Waals surface area contributed by atoms with Crippen LogP contribution in [0.4, 0.5) is 0 Å². The number of amides is 1. The summed E-state index contributed by atoms with van der Waals surface area (Å²) in [5.74, 6) is 1.43. The van der Waals surface area contributed by atoms with Crippen LogP contribution in [0.3, 0.4) is 0 Å². The van der Waals surface area contributed by atoms with Crippen LogP contribution < -0.4 is 10.6 Å². The minimum absolute atomic E-state index is 0.0392. The molecular formula is C19H37N5O3S. The fourth-order valence-electron chi connectivity index (χ4n) is 3.73. The number of hydrogen-bond donors (Lipinski definition) is 2. The van der Waals surface area contributed by atoms with Gasteiger partial charge in [-0.1, -0.05) is 19.3 Å². The Kier molecular flexibility index (Phi) is 9.01. The molecule has 0 atom stereocenters. The first-order valence-electron chi connectivity index (χ1n) is 10.5. The molecule has 9 heteroatoms. The van der Waals surface area contributed by atoms with Crippen LogP contribution >= 0.6 is 0 Å². The Hall–Kier alpha value is -1.35. The lowest BCUT2D eigenvalue weighted by molar-refractivity contribution is -0.127. The molecule has 2 aliphatic rings. The highest BCUT2D eigenvalue weighted by Crippen LogP contribution is 2.22. The van der Waals surface area contributed by atoms with E-state index in [-0.39, 0.29) is 24.2 Å². The number of guanidine groups is 1. The van der Waals surface area contributed by atoms with Crippen LogP contribution in [0.15, 0.2) is 4.99 Å². The molecule has 1 amide bonds. The molecule has 1 aliphatic heterocycles. The maximum absolute atomic E-state index is 12.0. The monoisotopic (exact) mass is 415 g/mol. The molecule has 0 aromatic rings. The lowest BCUT2D eigenvalue weighted by atomic mass is 9.89. The molecule has 1 heterocycles. The van der Waals surface area contributed by atoms with Crippen molar-refractivity contribution < 1.29 is 13.2 Å². The molecule has 28 heavy (non-hydrogen) atoms. The number of nitrogens with one attached hydrogen (secondary N) is 2. The Labute approximate surface area is 170 Å². The first kappa shape index (κ1) is 22.9. The van der Waals surface area contributed by atoms with Crippen molar-refractivity contribution in [3.05, 3.63) is 0 Å². The van der Waals surface area contributed by atoms with Gasteiger partial charge in [0.05, 0.1) is 5.75 Å². The van der Waals surface area contributed by atoms with Gasteiger partial charge in [0, 0.05) is 39.8 Å². The Morgan fingerprint density at radius 1 is 1.11 bits per heavy atom. The van der Waals surface area contributed by atoms with E-state index < -0.39 is 10.0 Å². The van der Waals surface area contributed by atoms with Gasteiger partial charge in [-0.2, -0.15) is 0 Å². The minimum Gasteiger partial charge on any atom is -0.356 e. The second-order valence-electron chi connectivity index (χ2n) is 8.06. The van der Waals surface area contributed by atoms with Gasteiger partial charge in [-0.05, 0) is 38.5 Å². The zero-order chi connectivity index (χ0) is 20.6. The topological polar surface area (TPSA) is 94.1 Å². The molecule has 1 aliphatic carbocycles. The maximum Gasteiger partial charge on any atom is 0.243 e. The molecule has 8 nitrogen and oxygen atoms in total. The summed E-state index contributed by atoms with van der Waals surface area (Å²) in [4.78, 5) is 17.9. The van der Waals surface area contributed by atoms with Crippen molar-refractivity contribution in [2.75, 3.05) is 46.0 Å². The molecule has 0 unspecified atom stereocenters. The number of rotatable bonds is 7. The lowest BCUT2D eigenvalue weighted by Gasteiger charge is -2.32. The number of carbonyl (C=O) groups excluding carboxylic acids is 1. The number of carbonyl (C=O) groups is 1. The van der Waals surface area contributed by atoms with Crippen molar-refractivity contribution in [1.29, 1.82) is 0 Å². The fourth-order valence-corrected chi connectivity index (χ4v) is 4.86. The van der Waals surface area contributed by atoms with E-state index in [0.717, 1.165) is 19.4 Å². The molecule has 0 aromatic heterocycles. The fraction of sp³-hybridized carbons (Fsp3) is 0.895. The molecule has 0 radical (unpaired) electrons. The van der Waals surface area contributed by atoms with E-state index in [1.165, 1.54) is 37.0 Å². The molecule has 0 spiro atoms. The van der Waals surface area contributed by atoms with Crippen molar-refractivity contribution in [2.45, 2.75) is 57.9 Å². The number of nitrogens with zero attached hydrogens (tertiary/aromatic N) is 3. The zero-order valence-electron chi connectivity index (χ0n) is 17.6. The van der Waals surface area contributed by atoms with E-state index in [2.05, 4.69) is 15.6 Å². The molecule has 2 N–H and O–H groups in total. The van der Waals surface area contributed by atoms with Crippen molar-refractivity contribution in [1.82, 2.24) is 19.8 Å². The van der Waals surface area contributed by atoms with Crippen LogP contribution in [0.5, 0.6) is 0 Å². The van der Waals surface area contributed by atoms with E-state index in [9.17, 15) is 13.2 Å². The summed E-state index contributed by atoms with van der Waals surface area (Å²) in [7, 11) is 0.334. The molecule has 1 saturated carbocycles. The molecule has 1 saturated heterocycles. The van der Waals surface area contributed by atoms with Gasteiger partial charge in [-0.3, -0.25) is 4.79 Å². The summed E-state index contributed by atoms with van der Waals surface area (Å²) in [6, 6.07) is 0.162. The summed E-state index contributed by atoms with van der Waals surface area (Å²) < 4.78 is 25.6. The molecule has 0 aromatic carbocycles. The van der Waals surface area contributed by atoms with Gasteiger partial charge in [-0.15, -0.1) is 0 Å². The normalized spacial score (nSPS) is 20.8. The molecule has 0 bridgehead atoms. The van der Waals surface area contributed by atoms with E-state index in [0.29, 0.717) is 25.0 Å².